The van der Waals surface area contributed by atoms with Gasteiger partial charge in [0.1, 0.15) is 0 Å². The molecule has 1 fully saturated rings. The highest BCUT2D eigenvalue weighted by Crippen LogP contribution is 2.18. The van der Waals surface area contributed by atoms with Crippen LogP contribution < -0.4 is 0 Å². The van der Waals surface area contributed by atoms with Crippen LogP contribution in [0, 0.1) is 6.92 Å². The summed E-state index contributed by atoms with van der Waals surface area (Å²) < 4.78 is 0. The number of hydrogen-bond donors (Lipinski definition) is 0. The summed E-state index contributed by atoms with van der Waals surface area (Å²) in [6, 6.07) is 16.0. The minimum absolute atomic E-state index is 0.0396. The molecule has 4 heteroatoms. The third-order valence-corrected chi connectivity index (χ3v) is 4.84. The van der Waals surface area contributed by atoms with Crippen LogP contribution in [0.4, 0.5) is 0 Å². The van der Waals surface area contributed by atoms with Crippen LogP contribution in [0.15, 0.2) is 48.5 Å². The van der Waals surface area contributed by atoms with Gasteiger partial charge in [-0.1, -0.05) is 53.6 Å². The Hall–Kier alpha value is -1.84. The summed E-state index contributed by atoms with van der Waals surface area (Å²) in [5, 5.41) is 0.531. The Morgan fingerprint density at radius 3 is 2.50 bits per heavy atom. The van der Waals surface area contributed by atoms with Crippen LogP contribution in [-0.2, 0) is 6.54 Å². The minimum atomic E-state index is 0.0396. The van der Waals surface area contributed by atoms with Gasteiger partial charge in [0.05, 0.1) is 10.6 Å². The van der Waals surface area contributed by atoms with Crippen molar-refractivity contribution >= 4 is 17.5 Å². The molecule has 1 aliphatic rings. The largest absolute Gasteiger partial charge is 0.337 e. The number of hydrogen-bond acceptors (Lipinski definition) is 2. The lowest BCUT2D eigenvalue weighted by Gasteiger charge is -2.22. The van der Waals surface area contributed by atoms with Crippen molar-refractivity contribution in [3.63, 3.8) is 0 Å². The Morgan fingerprint density at radius 2 is 1.75 bits per heavy atom. The molecule has 0 bridgehead atoms. The Balaban J connectivity index is 1.61. The lowest BCUT2D eigenvalue weighted by atomic mass is 10.1. The molecule has 2 aromatic carbocycles. The van der Waals surface area contributed by atoms with Gasteiger partial charge in [0.15, 0.2) is 0 Å². The Bertz CT molecular complexity index is 699. The van der Waals surface area contributed by atoms with E-state index in [2.05, 4.69) is 36.1 Å². The number of benzene rings is 2. The molecular weight excluding hydrogens is 320 g/mol. The first-order valence-corrected chi connectivity index (χ1v) is 8.83. The average molecular weight is 343 g/mol. The topological polar surface area (TPSA) is 23.6 Å². The third-order valence-electron chi connectivity index (χ3n) is 4.51. The maximum Gasteiger partial charge on any atom is 0.255 e. The van der Waals surface area contributed by atoms with E-state index in [4.69, 9.17) is 11.6 Å². The lowest BCUT2D eigenvalue weighted by molar-refractivity contribution is 0.0761. The molecule has 126 valence electrons. The standard InChI is InChI=1S/C20H23ClN2O/c1-16-7-9-17(10-8-16)15-22-11-4-12-23(14-13-22)20(24)18-5-2-3-6-19(18)21/h2-3,5-10H,4,11-15H2,1H3. The average Bonchev–Trinajstić information content (AvgIpc) is 2.82. The van der Waals surface area contributed by atoms with E-state index in [9.17, 15) is 4.79 Å². The second kappa shape index (κ2) is 7.82. The fourth-order valence-corrected chi connectivity index (χ4v) is 3.31. The van der Waals surface area contributed by atoms with Gasteiger partial charge in [0.25, 0.3) is 5.91 Å². The first-order valence-electron chi connectivity index (χ1n) is 8.45. The van der Waals surface area contributed by atoms with Crippen molar-refractivity contribution in [1.82, 2.24) is 9.80 Å². The van der Waals surface area contributed by atoms with E-state index >= 15 is 0 Å². The molecule has 0 aromatic heterocycles. The zero-order chi connectivity index (χ0) is 16.9. The summed E-state index contributed by atoms with van der Waals surface area (Å²) in [4.78, 5) is 17.0. The van der Waals surface area contributed by atoms with Crippen molar-refractivity contribution in [3.8, 4) is 0 Å². The molecule has 0 unspecified atom stereocenters. The Morgan fingerprint density at radius 1 is 1.00 bits per heavy atom. The van der Waals surface area contributed by atoms with Crippen molar-refractivity contribution in [3.05, 3.63) is 70.2 Å². The first-order chi connectivity index (χ1) is 11.6. The fraction of sp³-hybridized carbons (Fsp3) is 0.350. The monoisotopic (exact) mass is 342 g/mol. The molecule has 2 aromatic rings. The number of carbonyl (C=O) groups excluding carboxylic acids is 1. The zero-order valence-electron chi connectivity index (χ0n) is 14.0. The molecule has 1 aliphatic heterocycles. The van der Waals surface area contributed by atoms with E-state index in [0.717, 1.165) is 39.1 Å². The molecule has 1 saturated heterocycles. The molecule has 1 amide bonds. The summed E-state index contributed by atoms with van der Waals surface area (Å²) in [7, 11) is 0. The van der Waals surface area contributed by atoms with E-state index < -0.39 is 0 Å². The first kappa shape index (κ1) is 17.0. The molecule has 1 heterocycles. The summed E-state index contributed by atoms with van der Waals surface area (Å²) in [5.41, 5.74) is 3.21. The molecule has 0 aliphatic carbocycles. The Kier molecular flexibility index (Phi) is 5.54. The molecule has 3 nitrogen and oxygen atoms in total. The van der Waals surface area contributed by atoms with Gasteiger partial charge < -0.3 is 4.90 Å². The summed E-state index contributed by atoms with van der Waals surface area (Å²) in [6.07, 6.45) is 0.988. The third kappa shape index (κ3) is 4.16. The number of amides is 1. The second-order valence-electron chi connectivity index (χ2n) is 6.39. The van der Waals surface area contributed by atoms with Crippen molar-refractivity contribution in [2.75, 3.05) is 26.2 Å². The van der Waals surface area contributed by atoms with Crippen molar-refractivity contribution in [2.24, 2.45) is 0 Å². The maximum atomic E-state index is 12.7. The Labute approximate surface area is 148 Å². The van der Waals surface area contributed by atoms with Gasteiger partial charge in [-0.2, -0.15) is 0 Å². The fourth-order valence-electron chi connectivity index (χ4n) is 3.09. The van der Waals surface area contributed by atoms with Crippen molar-refractivity contribution < 1.29 is 4.79 Å². The number of nitrogens with zero attached hydrogens (tertiary/aromatic N) is 2. The van der Waals surface area contributed by atoms with Gasteiger partial charge in [0.2, 0.25) is 0 Å². The van der Waals surface area contributed by atoms with Crippen LogP contribution >= 0.6 is 11.6 Å². The number of halogens is 1. The maximum absolute atomic E-state index is 12.7. The minimum Gasteiger partial charge on any atom is -0.337 e. The van der Waals surface area contributed by atoms with Crippen molar-refractivity contribution in [1.29, 1.82) is 0 Å². The van der Waals surface area contributed by atoms with Gasteiger partial charge in [-0.15, -0.1) is 0 Å². The smallest absolute Gasteiger partial charge is 0.255 e. The van der Waals surface area contributed by atoms with Crippen LogP contribution in [0.5, 0.6) is 0 Å². The molecule has 0 spiro atoms. The molecule has 24 heavy (non-hydrogen) atoms. The van der Waals surface area contributed by atoms with E-state index in [0.29, 0.717) is 10.6 Å². The number of carbonyl (C=O) groups is 1. The van der Waals surface area contributed by atoms with E-state index in [1.165, 1.54) is 11.1 Å². The number of rotatable bonds is 3. The predicted molar refractivity (Wildman–Crippen MR) is 98.4 cm³/mol. The SMILES string of the molecule is Cc1ccc(CN2CCCN(C(=O)c3ccccc3Cl)CC2)cc1. The predicted octanol–water partition coefficient (Wildman–Crippen LogP) is 4.00. The van der Waals surface area contributed by atoms with Crippen molar-refractivity contribution in [2.45, 2.75) is 19.9 Å². The van der Waals surface area contributed by atoms with Crippen LogP contribution in [0.2, 0.25) is 5.02 Å². The molecule has 3 rings (SSSR count). The van der Waals surface area contributed by atoms with Crippen LogP contribution in [0.1, 0.15) is 27.9 Å². The van der Waals surface area contributed by atoms with Crippen LogP contribution in [0.3, 0.4) is 0 Å². The van der Waals surface area contributed by atoms with E-state index in [1.54, 1.807) is 12.1 Å². The molecule has 0 atom stereocenters. The van der Waals surface area contributed by atoms with Crippen LogP contribution in [-0.4, -0.2) is 41.9 Å². The highest BCUT2D eigenvalue weighted by Gasteiger charge is 2.21. The zero-order valence-corrected chi connectivity index (χ0v) is 14.8. The highest BCUT2D eigenvalue weighted by atomic mass is 35.5. The molecule has 0 saturated carbocycles. The van der Waals surface area contributed by atoms with Gasteiger partial charge in [-0.05, 0) is 31.0 Å². The summed E-state index contributed by atoms with van der Waals surface area (Å²) in [5.74, 6) is 0.0396. The summed E-state index contributed by atoms with van der Waals surface area (Å²) in [6.45, 7) is 6.48. The van der Waals surface area contributed by atoms with E-state index in [1.807, 2.05) is 17.0 Å². The van der Waals surface area contributed by atoms with Gasteiger partial charge in [-0.3, -0.25) is 9.69 Å². The molecule has 0 radical (unpaired) electrons. The molecular formula is C20H23ClN2O. The highest BCUT2D eigenvalue weighted by molar-refractivity contribution is 6.33. The molecule has 0 N–H and O–H groups in total. The van der Waals surface area contributed by atoms with Gasteiger partial charge in [0, 0.05) is 32.7 Å². The lowest BCUT2D eigenvalue weighted by Crippen LogP contribution is -2.35. The quantitative estimate of drug-likeness (QED) is 0.841. The summed E-state index contributed by atoms with van der Waals surface area (Å²) >= 11 is 6.17. The van der Waals surface area contributed by atoms with Crippen LogP contribution in [0.25, 0.3) is 0 Å². The van der Waals surface area contributed by atoms with Gasteiger partial charge in [-0.25, -0.2) is 0 Å². The van der Waals surface area contributed by atoms with Gasteiger partial charge >= 0.3 is 0 Å². The van der Waals surface area contributed by atoms with E-state index in [-0.39, 0.29) is 5.91 Å². The number of aryl methyl sites for hydroxylation is 1. The normalized spacial score (nSPS) is 16.0. The second-order valence-corrected chi connectivity index (χ2v) is 6.79.